The number of pyridine rings is 1. The van der Waals surface area contributed by atoms with Crippen molar-refractivity contribution < 1.29 is 9.53 Å². The van der Waals surface area contributed by atoms with Crippen LogP contribution in [0.1, 0.15) is 25.3 Å². The van der Waals surface area contributed by atoms with E-state index in [0.717, 1.165) is 72.9 Å². The van der Waals surface area contributed by atoms with Crippen LogP contribution in [0.2, 0.25) is 0 Å². The number of nitriles is 1. The van der Waals surface area contributed by atoms with Gasteiger partial charge < -0.3 is 14.5 Å². The van der Waals surface area contributed by atoms with E-state index < -0.39 is 0 Å². The van der Waals surface area contributed by atoms with Crippen LogP contribution in [0.3, 0.4) is 0 Å². The number of aromatic nitrogens is 1. The minimum Gasteiger partial charge on any atom is -0.494 e. The van der Waals surface area contributed by atoms with Crippen LogP contribution in [0.4, 0.5) is 5.69 Å². The fraction of sp³-hybridized carbons (Fsp3) is 0.500. The molecule has 6 nitrogen and oxygen atoms in total. The molecular formula is C22H26N4O2S. The second kappa shape index (κ2) is 8.91. The lowest BCUT2D eigenvalue weighted by molar-refractivity contribution is -0.135. The molecule has 0 aliphatic carbocycles. The van der Waals surface area contributed by atoms with Gasteiger partial charge in [0.15, 0.2) is 0 Å². The first-order valence-corrected chi connectivity index (χ1v) is 11.4. The van der Waals surface area contributed by atoms with Gasteiger partial charge in [0.1, 0.15) is 11.8 Å². The van der Waals surface area contributed by atoms with Gasteiger partial charge in [0, 0.05) is 55.2 Å². The molecule has 0 bridgehead atoms. The first-order chi connectivity index (χ1) is 14.2. The number of benzene rings is 1. The third kappa shape index (κ3) is 4.13. The van der Waals surface area contributed by atoms with E-state index in [1.54, 1.807) is 6.20 Å². The number of anilines is 1. The molecule has 0 saturated carbocycles. The third-order valence-corrected chi connectivity index (χ3v) is 6.67. The highest BCUT2D eigenvalue weighted by Crippen LogP contribution is 2.35. The Labute approximate surface area is 175 Å². The summed E-state index contributed by atoms with van der Waals surface area (Å²) >= 11 is 1.92. The average Bonchev–Trinajstić information content (AvgIpc) is 2.78. The molecule has 152 valence electrons. The lowest BCUT2D eigenvalue weighted by Crippen LogP contribution is -2.45. The van der Waals surface area contributed by atoms with Gasteiger partial charge in [0.25, 0.3) is 0 Å². The Morgan fingerprint density at radius 2 is 2.03 bits per heavy atom. The number of nitrogens with zero attached hydrogens (tertiary/aromatic N) is 4. The van der Waals surface area contributed by atoms with Crippen molar-refractivity contribution in [1.82, 2.24) is 9.88 Å². The van der Waals surface area contributed by atoms with Crippen LogP contribution in [0.25, 0.3) is 10.9 Å². The quantitative estimate of drug-likeness (QED) is 0.770. The Bertz CT molecular complexity index is 928. The van der Waals surface area contributed by atoms with Crippen LogP contribution in [0.15, 0.2) is 24.4 Å². The first kappa shape index (κ1) is 19.8. The van der Waals surface area contributed by atoms with Crippen molar-refractivity contribution in [2.45, 2.75) is 19.8 Å². The molecule has 2 saturated heterocycles. The van der Waals surface area contributed by atoms with Crippen LogP contribution in [0.5, 0.6) is 5.75 Å². The number of ether oxygens (including phenoxy) is 1. The van der Waals surface area contributed by atoms with Gasteiger partial charge >= 0.3 is 0 Å². The summed E-state index contributed by atoms with van der Waals surface area (Å²) in [5, 5.41) is 10.6. The lowest BCUT2D eigenvalue weighted by atomic mass is 9.94. The fourth-order valence-corrected chi connectivity index (χ4v) is 5.13. The molecule has 2 fully saturated rings. The smallest absolute Gasteiger partial charge is 0.225 e. The van der Waals surface area contributed by atoms with E-state index >= 15 is 0 Å². The second-order valence-corrected chi connectivity index (χ2v) is 8.67. The fourth-order valence-electron chi connectivity index (χ4n) is 4.23. The first-order valence-electron chi connectivity index (χ1n) is 10.3. The topological polar surface area (TPSA) is 69.5 Å². The van der Waals surface area contributed by atoms with Crippen LogP contribution in [-0.2, 0) is 4.79 Å². The van der Waals surface area contributed by atoms with Crippen LogP contribution >= 0.6 is 11.8 Å². The van der Waals surface area contributed by atoms with Crippen molar-refractivity contribution >= 4 is 34.3 Å². The van der Waals surface area contributed by atoms with Gasteiger partial charge in [-0.25, -0.2) is 0 Å². The Hall–Kier alpha value is -2.46. The molecule has 3 heterocycles. The Kier molecular flexibility index (Phi) is 6.10. The number of hydrogen-bond donors (Lipinski definition) is 0. The van der Waals surface area contributed by atoms with E-state index in [-0.39, 0.29) is 5.92 Å². The minimum atomic E-state index is 0.0898. The summed E-state index contributed by atoms with van der Waals surface area (Å²) < 4.78 is 5.66. The third-order valence-electron chi connectivity index (χ3n) is 5.73. The van der Waals surface area contributed by atoms with E-state index in [1.807, 2.05) is 41.8 Å². The zero-order valence-electron chi connectivity index (χ0n) is 16.8. The van der Waals surface area contributed by atoms with E-state index in [0.29, 0.717) is 18.1 Å². The number of hydrogen-bond acceptors (Lipinski definition) is 6. The Morgan fingerprint density at radius 1 is 1.28 bits per heavy atom. The number of carbonyl (C=O) groups excluding carboxylic acids is 1. The number of rotatable bonds is 4. The largest absolute Gasteiger partial charge is 0.494 e. The van der Waals surface area contributed by atoms with Gasteiger partial charge in [0.05, 0.1) is 23.4 Å². The number of fused-ring (bicyclic) bond motifs is 1. The monoisotopic (exact) mass is 410 g/mol. The van der Waals surface area contributed by atoms with Crippen molar-refractivity contribution in [1.29, 1.82) is 5.26 Å². The summed E-state index contributed by atoms with van der Waals surface area (Å²) in [6, 6.07) is 8.13. The second-order valence-electron chi connectivity index (χ2n) is 7.44. The molecule has 1 amide bonds. The molecule has 2 aromatic rings. The van der Waals surface area contributed by atoms with Crippen LogP contribution in [-0.4, -0.2) is 60.1 Å². The molecule has 2 aliphatic rings. The van der Waals surface area contributed by atoms with Crippen LogP contribution in [0, 0.1) is 17.2 Å². The van der Waals surface area contributed by atoms with Crippen molar-refractivity contribution in [3.8, 4) is 11.8 Å². The van der Waals surface area contributed by atoms with E-state index in [9.17, 15) is 10.1 Å². The molecule has 0 atom stereocenters. The molecule has 0 spiro atoms. The number of piperidine rings is 1. The maximum absolute atomic E-state index is 12.9. The van der Waals surface area contributed by atoms with Crippen LogP contribution < -0.4 is 9.64 Å². The molecule has 4 rings (SSSR count). The standard InChI is InChI=1S/C22H26N4O2S/c1-2-28-18-3-4-20-19(13-18)21(17(14-23)15-24-20)25-7-5-16(6-8-25)22(27)26-9-11-29-12-10-26/h3-4,13,15-16H,2,5-12H2,1H3. The minimum absolute atomic E-state index is 0.0898. The number of amides is 1. The van der Waals surface area contributed by atoms with Crippen molar-refractivity contribution in [2.75, 3.05) is 49.2 Å². The molecular weight excluding hydrogens is 384 g/mol. The van der Waals surface area contributed by atoms with Gasteiger partial charge in [-0.1, -0.05) is 0 Å². The summed E-state index contributed by atoms with van der Waals surface area (Å²) in [7, 11) is 0. The zero-order chi connectivity index (χ0) is 20.2. The Balaban J connectivity index is 1.56. The highest BCUT2D eigenvalue weighted by atomic mass is 32.2. The molecule has 2 aliphatic heterocycles. The average molecular weight is 411 g/mol. The molecule has 0 unspecified atom stereocenters. The SMILES string of the molecule is CCOc1ccc2ncc(C#N)c(N3CCC(C(=O)N4CCSCC4)CC3)c2c1. The highest BCUT2D eigenvalue weighted by Gasteiger charge is 2.30. The van der Waals surface area contributed by atoms with E-state index in [1.165, 1.54) is 0 Å². The van der Waals surface area contributed by atoms with Gasteiger partial charge in [-0.3, -0.25) is 9.78 Å². The van der Waals surface area contributed by atoms with E-state index in [4.69, 9.17) is 4.74 Å². The molecule has 0 N–H and O–H groups in total. The Morgan fingerprint density at radius 3 is 2.72 bits per heavy atom. The van der Waals surface area contributed by atoms with Gasteiger partial charge in [-0.15, -0.1) is 0 Å². The molecule has 1 aromatic heterocycles. The van der Waals surface area contributed by atoms with Crippen molar-refractivity contribution in [2.24, 2.45) is 5.92 Å². The predicted octanol–water partition coefficient (Wildman–Crippen LogP) is 3.30. The zero-order valence-corrected chi connectivity index (χ0v) is 17.6. The normalized spacial score (nSPS) is 17.9. The lowest BCUT2D eigenvalue weighted by Gasteiger charge is -2.37. The van der Waals surface area contributed by atoms with Gasteiger partial charge in [-0.05, 0) is 38.0 Å². The summed E-state index contributed by atoms with van der Waals surface area (Å²) in [5.74, 6) is 3.27. The van der Waals surface area contributed by atoms with Crippen molar-refractivity contribution in [3.05, 3.63) is 30.0 Å². The molecule has 7 heteroatoms. The van der Waals surface area contributed by atoms with Gasteiger partial charge in [0.2, 0.25) is 5.91 Å². The number of carbonyl (C=O) groups is 1. The maximum Gasteiger partial charge on any atom is 0.225 e. The summed E-state index contributed by atoms with van der Waals surface area (Å²) in [6.07, 6.45) is 3.30. The predicted molar refractivity (Wildman–Crippen MR) is 116 cm³/mol. The molecule has 0 radical (unpaired) electrons. The summed E-state index contributed by atoms with van der Waals surface area (Å²) in [6.45, 7) is 5.83. The molecule has 1 aromatic carbocycles. The molecule has 29 heavy (non-hydrogen) atoms. The van der Waals surface area contributed by atoms with Gasteiger partial charge in [-0.2, -0.15) is 17.0 Å². The van der Waals surface area contributed by atoms with E-state index in [2.05, 4.69) is 16.0 Å². The van der Waals surface area contributed by atoms with Crippen molar-refractivity contribution in [3.63, 3.8) is 0 Å². The number of thioether (sulfide) groups is 1. The summed E-state index contributed by atoms with van der Waals surface area (Å²) in [5.41, 5.74) is 2.34. The highest BCUT2D eigenvalue weighted by molar-refractivity contribution is 7.99. The maximum atomic E-state index is 12.9. The summed E-state index contributed by atoms with van der Waals surface area (Å²) in [4.78, 5) is 21.6.